The van der Waals surface area contributed by atoms with E-state index >= 15 is 0 Å². The maximum absolute atomic E-state index is 11.1. The molecule has 1 rings (SSSR count). The largest absolute Gasteiger partial charge is 0.464 e. The lowest BCUT2D eigenvalue weighted by molar-refractivity contribution is -0.132. The van der Waals surface area contributed by atoms with Crippen molar-refractivity contribution in [3.63, 3.8) is 0 Å². The zero-order valence-corrected chi connectivity index (χ0v) is 9.23. The Labute approximate surface area is 89.7 Å². The first-order valence-electron chi connectivity index (χ1n) is 4.71. The minimum Gasteiger partial charge on any atom is -0.464 e. The van der Waals surface area contributed by atoms with Crippen LogP contribution in [0.2, 0.25) is 0 Å². The predicted molar refractivity (Wildman–Crippen MR) is 60.5 cm³/mol. The van der Waals surface area contributed by atoms with E-state index in [1.807, 2.05) is 19.9 Å². The van der Waals surface area contributed by atoms with E-state index < -0.39 is 5.97 Å². The molecule has 15 heavy (non-hydrogen) atoms. The molecule has 82 valence electrons. The van der Waals surface area contributed by atoms with E-state index in [1.54, 1.807) is 24.3 Å². The summed E-state index contributed by atoms with van der Waals surface area (Å²) in [7, 11) is 1.29. The van der Waals surface area contributed by atoms with Crippen molar-refractivity contribution < 1.29 is 9.53 Å². The van der Waals surface area contributed by atoms with Gasteiger partial charge in [0.2, 0.25) is 0 Å². The van der Waals surface area contributed by atoms with E-state index in [0.29, 0.717) is 5.56 Å². The molecule has 4 nitrogen and oxygen atoms in total. The van der Waals surface area contributed by atoms with Crippen LogP contribution in [0, 0.1) is 0 Å². The van der Waals surface area contributed by atoms with Crippen LogP contribution in [0.25, 0.3) is 0 Å². The molecule has 0 bridgehead atoms. The third-order valence-electron chi connectivity index (χ3n) is 1.56. The van der Waals surface area contributed by atoms with Gasteiger partial charge in [0, 0.05) is 5.56 Å². The predicted octanol–water partition coefficient (Wildman–Crippen LogP) is 1.55. The highest BCUT2D eigenvalue weighted by molar-refractivity contribution is 6.43. The van der Waals surface area contributed by atoms with Gasteiger partial charge in [-0.1, -0.05) is 44.2 Å². The van der Waals surface area contributed by atoms with Crippen LogP contribution in [0.1, 0.15) is 19.4 Å². The van der Waals surface area contributed by atoms with Crippen molar-refractivity contribution in [3.05, 3.63) is 35.9 Å². The van der Waals surface area contributed by atoms with Gasteiger partial charge in [-0.05, 0) is 0 Å². The molecule has 0 fully saturated rings. The van der Waals surface area contributed by atoms with Crippen LogP contribution in [0.5, 0.6) is 0 Å². The molecular formula is C11H16N2O2. The monoisotopic (exact) mass is 208 g/mol. The molecule has 0 unspecified atom stereocenters. The Morgan fingerprint density at radius 2 is 1.80 bits per heavy atom. The van der Waals surface area contributed by atoms with Crippen molar-refractivity contribution in [1.82, 2.24) is 0 Å². The maximum Gasteiger partial charge on any atom is 0.359 e. The van der Waals surface area contributed by atoms with Gasteiger partial charge >= 0.3 is 5.97 Å². The molecule has 0 atom stereocenters. The number of ether oxygens (including phenoxy) is 1. The standard InChI is InChI=1S/C9H10N2O2.C2H6/c1-13-9(12)8(11-10)7-5-3-2-4-6-7;1-2/h2-6H,10H2,1H3;1-2H3/b11-8+;. The van der Waals surface area contributed by atoms with E-state index in [0.717, 1.165) is 0 Å². The van der Waals surface area contributed by atoms with Crippen molar-refractivity contribution in [2.24, 2.45) is 10.9 Å². The molecule has 1 aromatic rings. The maximum atomic E-state index is 11.1. The SMILES string of the molecule is CC.COC(=O)/C(=N/N)c1ccccc1. The molecule has 0 radical (unpaired) electrons. The van der Waals surface area contributed by atoms with Gasteiger partial charge in [-0.25, -0.2) is 4.79 Å². The number of methoxy groups -OCH3 is 1. The summed E-state index contributed by atoms with van der Waals surface area (Å²) < 4.78 is 4.51. The van der Waals surface area contributed by atoms with Crippen molar-refractivity contribution in [3.8, 4) is 0 Å². The molecule has 4 heteroatoms. The Hall–Kier alpha value is -1.84. The molecule has 0 spiro atoms. The minimum absolute atomic E-state index is 0.128. The van der Waals surface area contributed by atoms with Crippen LogP contribution in [0.15, 0.2) is 35.4 Å². The molecule has 0 saturated heterocycles. The van der Waals surface area contributed by atoms with Crippen molar-refractivity contribution in [1.29, 1.82) is 0 Å². The number of benzene rings is 1. The summed E-state index contributed by atoms with van der Waals surface area (Å²) in [5, 5.41) is 3.37. The number of nitrogens with two attached hydrogens (primary N) is 1. The summed E-state index contributed by atoms with van der Waals surface area (Å²) in [4.78, 5) is 11.1. The van der Waals surface area contributed by atoms with Crippen molar-refractivity contribution in [2.45, 2.75) is 13.8 Å². The zero-order valence-electron chi connectivity index (χ0n) is 9.23. The Morgan fingerprint density at radius 3 is 2.20 bits per heavy atom. The number of carbonyl (C=O) groups excluding carboxylic acids is 1. The second-order valence-electron chi connectivity index (χ2n) is 2.34. The number of hydrogen-bond acceptors (Lipinski definition) is 4. The van der Waals surface area contributed by atoms with Crippen LogP contribution in [-0.2, 0) is 9.53 Å². The third-order valence-corrected chi connectivity index (χ3v) is 1.56. The van der Waals surface area contributed by atoms with Crippen LogP contribution in [-0.4, -0.2) is 18.8 Å². The molecule has 0 amide bonds. The van der Waals surface area contributed by atoms with Gasteiger partial charge in [0.25, 0.3) is 0 Å². The molecule has 0 aliphatic carbocycles. The van der Waals surface area contributed by atoms with E-state index in [4.69, 9.17) is 5.84 Å². The lowest BCUT2D eigenvalue weighted by Gasteiger charge is -2.01. The van der Waals surface area contributed by atoms with Gasteiger partial charge in [0.05, 0.1) is 7.11 Å². The quantitative estimate of drug-likeness (QED) is 0.347. The number of esters is 1. The Balaban J connectivity index is 0.000000921. The molecule has 1 aromatic carbocycles. The number of rotatable bonds is 2. The topological polar surface area (TPSA) is 64.7 Å². The minimum atomic E-state index is -0.534. The summed E-state index contributed by atoms with van der Waals surface area (Å²) in [6, 6.07) is 8.91. The van der Waals surface area contributed by atoms with E-state index in [1.165, 1.54) is 7.11 Å². The summed E-state index contributed by atoms with van der Waals surface area (Å²) in [6.45, 7) is 4.00. The highest BCUT2D eigenvalue weighted by Gasteiger charge is 2.12. The Kier molecular flexibility index (Phi) is 6.63. The highest BCUT2D eigenvalue weighted by atomic mass is 16.5. The second-order valence-corrected chi connectivity index (χ2v) is 2.34. The van der Waals surface area contributed by atoms with E-state index in [2.05, 4.69) is 9.84 Å². The van der Waals surface area contributed by atoms with Gasteiger partial charge in [-0.15, -0.1) is 0 Å². The summed E-state index contributed by atoms with van der Waals surface area (Å²) >= 11 is 0. The van der Waals surface area contributed by atoms with E-state index in [-0.39, 0.29) is 5.71 Å². The Bertz CT molecular complexity index is 321. The molecular weight excluding hydrogens is 192 g/mol. The average Bonchev–Trinajstić information content (AvgIpc) is 2.33. The summed E-state index contributed by atoms with van der Waals surface area (Å²) in [5.74, 6) is 4.53. The fourth-order valence-electron chi connectivity index (χ4n) is 0.938. The first-order valence-corrected chi connectivity index (χ1v) is 4.71. The molecule has 0 aliphatic rings. The van der Waals surface area contributed by atoms with Crippen LogP contribution in [0.3, 0.4) is 0 Å². The average molecular weight is 208 g/mol. The summed E-state index contributed by atoms with van der Waals surface area (Å²) in [5.41, 5.74) is 0.778. The number of hydrazone groups is 1. The first-order chi connectivity index (χ1) is 7.29. The van der Waals surface area contributed by atoms with Gasteiger partial charge in [0.1, 0.15) is 0 Å². The molecule has 0 heterocycles. The smallest absolute Gasteiger partial charge is 0.359 e. The third kappa shape index (κ3) is 3.81. The lowest BCUT2D eigenvalue weighted by atomic mass is 10.1. The fraction of sp³-hybridized carbons (Fsp3) is 0.273. The number of nitrogens with zero attached hydrogens (tertiary/aromatic N) is 1. The van der Waals surface area contributed by atoms with Gasteiger partial charge in [0.15, 0.2) is 5.71 Å². The van der Waals surface area contributed by atoms with Crippen LogP contribution >= 0.6 is 0 Å². The number of hydrogen-bond donors (Lipinski definition) is 1. The van der Waals surface area contributed by atoms with Gasteiger partial charge < -0.3 is 10.6 Å². The summed E-state index contributed by atoms with van der Waals surface area (Å²) in [6.07, 6.45) is 0. The van der Waals surface area contributed by atoms with Gasteiger partial charge in [-0.3, -0.25) is 0 Å². The lowest BCUT2D eigenvalue weighted by Crippen LogP contribution is -2.18. The van der Waals surface area contributed by atoms with Crippen molar-refractivity contribution in [2.75, 3.05) is 7.11 Å². The highest BCUT2D eigenvalue weighted by Crippen LogP contribution is 2.01. The fourth-order valence-corrected chi connectivity index (χ4v) is 0.938. The molecule has 0 aliphatic heterocycles. The number of carbonyl (C=O) groups is 1. The first kappa shape index (κ1) is 13.2. The van der Waals surface area contributed by atoms with Crippen LogP contribution < -0.4 is 5.84 Å². The molecule has 0 aromatic heterocycles. The molecule has 0 saturated carbocycles. The van der Waals surface area contributed by atoms with Gasteiger partial charge in [-0.2, -0.15) is 5.10 Å². The zero-order chi connectivity index (χ0) is 11.7. The second kappa shape index (κ2) is 7.55. The molecule has 2 N–H and O–H groups in total. The Morgan fingerprint density at radius 1 is 1.27 bits per heavy atom. The van der Waals surface area contributed by atoms with Crippen LogP contribution in [0.4, 0.5) is 0 Å². The van der Waals surface area contributed by atoms with Crippen molar-refractivity contribution >= 4 is 11.7 Å². The normalized spacial score (nSPS) is 9.93. The van der Waals surface area contributed by atoms with E-state index in [9.17, 15) is 4.79 Å².